The Balaban J connectivity index is 2.03. The molecule has 1 saturated heterocycles. The molecule has 1 amide bonds. The number of nitrogens with one attached hydrogen (secondary N) is 1. The number of nitrogens with zero attached hydrogens (tertiary/aromatic N) is 5. The van der Waals surface area contributed by atoms with Crippen molar-refractivity contribution < 1.29 is 4.79 Å². The third-order valence-electron chi connectivity index (χ3n) is 6.08. The molecule has 3 atom stereocenters. The van der Waals surface area contributed by atoms with Crippen LogP contribution in [0.15, 0.2) is 12.4 Å². The zero-order valence-electron chi connectivity index (χ0n) is 18.3. The largest absolute Gasteiger partial charge is 0.337 e. The molecule has 1 aromatic heterocycles. The monoisotopic (exact) mass is 388 g/mol. The minimum Gasteiger partial charge on any atom is -0.337 e. The second-order valence-electron chi connectivity index (χ2n) is 8.64. The molecule has 0 spiro atoms. The molecule has 0 radical (unpaired) electrons. The van der Waals surface area contributed by atoms with Crippen molar-refractivity contribution in [1.82, 2.24) is 24.9 Å². The lowest BCUT2D eigenvalue weighted by Crippen LogP contribution is -2.52. The molecular formula is C21H36N6O. The average Bonchev–Trinajstić information content (AvgIpc) is 3.06. The van der Waals surface area contributed by atoms with Crippen LogP contribution in [0.1, 0.15) is 52.1 Å². The Bertz CT molecular complexity index is 693. The summed E-state index contributed by atoms with van der Waals surface area (Å²) < 4.78 is 1.86. The van der Waals surface area contributed by atoms with Crippen molar-refractivity contribution in [3.05, 3.63) is 18.0 Å². The maximum atomic E-state index is 12.5. The van der Waals surface area contributed by atoms with E-state index >= 15 is 0 Å². The third kappa shape index (κ3) is 5.33. The summed E-state index contributed by atoms with van der Waals surface area (Å²) in [7, 11) is 3.94. The smallest absolute Gasteiger partial charge is 0.235 e. The van der Waals surface area contributed by atoms with E-state index in [4.69, 9.17) is 0 Å². The SMILES string of the molecule is CCN1CCC[C@@H](CN(C)CC(=O)NC(C)(C#N)C(C)C)[C@@H]1c1cnn(C)c1. The number of rotatable bonds is 8. The van der Waals surface area contributed by atoms with E-state index in [0.717, 1.165) is 26.1 Å². The number of amides is 1. The van der Waals surface area contributed by atoms with Gasteiger partial charge in [0.05, 0.1) is 18.8 Å². The van der Waals surface area contributed by atoms with Gasteiger partial charge >= 0.3 is 0 Å². The highest BCUT2D eigenvalue weighted by Crippen LogP contribution is 2.36. The summed E-state index contributed by atoms with van der Waals surface area (Å²) in [5.74, 6) is 0.405. The van der Waals surface area contributed by atoms with Gasteiger partial charge in [-0.3, -0.25) is 19.3 Å². The van der Waals surface area contributed by atoms with E-state index in [-0.39, 0.29) is 11.8 Å². The second-order valence-corrected chi connectivity index (χ2v) is 8.64. The van der Waals surface area contributed by atoms with Gasteiger partial charge in [-0.05, 0) is 51.7 Å². The van der Waals surface area contributed by atoms with E-state index in [2.05, 4.69) is 39.4 Å². The average molecular weight is 389 g/mol. The molecule has 1 fully saturated rings. The van der Waals surface area contributed by atoms with E-state index < -0.39 is 5.54 Å². The number of nitriles is 1. The van der Waals surface area contributed by atoms with Crippen LogP contribution in [0.2, 0.25) is 0 Å². The van der Waals surface area contributed by atoms with Crippen molar-refractivity contribution in [2.45, 2.75) is 52.1 Å². The van der Waals surface area contributed by atoms with Crippen LogP contribution in [0.3, 0.4) is 0 Å². The summed E-state index contributed by atoms with van der Waals surface area (Å²) in [6.07, 6.45) is 6.40. The van der Waals surface area contributed by atoms with Gasteiger partial charge < -0.3 is 5.32 Å². The highest BCUT2D eigenvalue weighted by Gasteiger charge is 2.34. The van der Waals surface area contributed by atoms with Gasteiger partial charge in [0, 0.05) is 31.4 Å². The Morgan fingerprint density at radius 2 is 2.25 bits per heavy atom. The summed E-state index contributed by atoms with van der Waals surface area (Å²) in [5, 5.41) is 16.7. The Labute approximate surface area is 169 Å². The number of piperidine rings is 1. The summed E-state index contributed by atoms with van der Waals surface area (Å²) >= 11 is 0. The molecule has 0 saturated carbocycles. The highest BCUT2D eigenvalue weighted by atomic mass is 16.2. The fraction of sp³-hybridized carbons (Fsp3) is 0.762. The van der Waals surface area contributed by atoms with E-state index in [1.54, 1.807) is 6.92 Å². The minimum absolute atomic E-state index is 0.0539. The van der Waals surface area contributed by atoms with Crippen molar-refractivity contribution in [2.24, 2.45) is 18.9 Å². The first kappa shape index (κ1) is 22.4. The van der Waals surface area contributed by atoms with Crippen LogP contribution in [0, 0.1) is 23.2 Å². The van der Waals surface area contributed by atoms with Crippen molar-refractivity contribution in [2.75, 3.05) is 33.2 Å². The Morgan fingerprint density at radius 1 is 1.54 bits per heavy atom. The van der Waals surface area contributed by atoms with Crippen LogP contribution < -0.4 is 5.32 Å². The van der Waals surface area contributed by atoms with Crippen molar-refractivity contribution >= 4 is 5.91 Å². The highest BCUT2D eigenvalue weighted by molar-refractivity contribution is 5.79. The van der Waals surface area contributed by atoms with E-state index in [0.29, 0.717) is 18.5 Å². The van der Waals surface area contributed by atoms with E-state index in [9.17, 15) is 10.1 Å². The maximum absolute atomic E-state index is 12.5. The van der Waals surface area contributed by atoms with Gasteiger partial charge in [-0.25, -0.2) is 0 Å². The lowest BCUT2D eigenvalue weighted by atomic mass is 9.85. The summed E-state index contributed by atoms with van der Waals surface area (Å²) in [6, 6.07) is 2.57. The van der Waals surface area contributed by atoms with Gasteiger partial charge in [-0.15, -0.1) is 0 Å². The number of hydrogen-bond acceptors (Lipinski definition) is 5. The van der Waals surface area contributed by atoms with Gasteiger partial charge in [-0.1, -0.05) is 20.8 Å². The van der Waals surface area contributed by atoms with Crippen LogP contribution in [0.25, 0.3) is 0 Å². The number of carbonyl (C=O) groups is 1. The van der Waals surface area contributed by atoms with E-state index in [1.807, 2.05) is 38.8 Å². The number of aryl methyl sites for hydroxylation is 1. The first-order valence-corrected chi connectivity index (χ1v) is 10.3. The molecule has 0 bridgehead atoms. The zero-order chi connectivity index (χ0) is 20.9. The minimum atomic E-state index is -0.833. The topological polar surface area (TPSA) is 77.2 Å². The molecule has 0 aromatic carbocycles. The third-order valence-corrected chi connectivity index (χ3v) is 6.08. The normalized spacial score (nSPS) is 22.8. The summed E-state index contributed by atoms with van der Waals surface area (Å²) in [6.45, 7) is 11.1. The number of likely N-dealkylation sites (tertiary alicyclic amines) is 1. The summed E-state index contributed by atoms with van der Waals surface area (Å²) in [5.41, 5.74) is 0.420. The van der Waals surface area contributed by atoms with Gasteiger partial charge in [0.1, 0.15) is 5.54 Å². The van der Waals surface area contributed by atoms with Crippen molar-refractivity contribution in [3.63, 3.8) is 0 Å². The van der Waals surface area contributed by atoms with Gasteiger partial charge in [0.2, 0.25) is 5.91 Å². The second kappa shape index (κ2) is 9.53. The number of aromatic nitrogens is 2. The Hall–Kier alpha value is -1.91. The van der Waals surface area contributed by atoms with Gasteiger partial charge in [0.15, 0.2) is 0 Å². The van der Waals surface area contributed by atoms with Crippen LogP contribution >= 0.6 is 0 Å². The molecule has 7 heteroatoms. The lowest BCUT2D eigenvalue weighted by Gasteiger charge is -2.42. The molecule has 1 aliphatic rings. The standard InChI is InChI=1S/C21H36N6O/c1-7-27-10-8-9-17(20(27)18-11-23-26(6)13-18)12-25(5)14-19(28)24-21(4,15-22)16(2)3/h11,13,16-17,20H,7-10,12,14H2,1-6H3,(H,24,28)/t17-,20+,21?/m0/s1. The molecule has 1 N–H and O–H groups in total. The molecule has 28 heavy (non-hydrogen) atoms. The molecule has 7 nitrogen and oxygen atoms in total. The van der Waals surface area contributed by atoms with Crippen LogP contribution in [-0.2, 0) is 11.8 Å². The van der Waals surface area contributed by atoms with Crippen LogP contribution in [0.4, 0.5) is 0 Å². The first-order chi connectivity index (χ1) is 13.2. The number of carbonyl (C=O) groups excluding carboxylic acids is 1. The maximum Gasteiger partial charge on any atom is 0.235 e. The van der Waals surface area contributed by atoms with Crippen LogP contribution in [-0.4, -0.2) is 64.3 Å². The molecule has 2 heterocycles. The Kier molecular flexibility index (Phi) is 7.62. The summed E-state index contributed by atoms with van der Waals surface area (Å²) in [4.78, 5) is 17.1. The molecule has 0 aliphatic carbocycles. The predicted octanol–water partition coefficient (Wildman–Crippen LogP) is 2.18. The molecule has 2 rings (SSSR count). The van der Waals surface area contributed by atoms with Gasteiger partial charge in [0.25, 0.3) is 0 Å². The molecule has 1 unspecified atom stereocenters. The lowest BCUT2D eigenvalue weighted by molar-refractivity contribution is -0.123. The Morgan fingerprint density at radius 3 is 2.79 bits per heavy atom. The predicted molar refractivity (Wildman–Crippen MR) is 110 cm³/mol. The molecule has 156 valence electrons. The molecule has 1 aliphatic heterocycles. The fourth-order valence-corrected chi connectivity index (χ4v) is 4.11. The first-order valence-electron chi connectivity index (χ1n) is 10.3. The van der Waals surface area contributed by atoms with Crippen molar-refractivity contribution in [3.8, 4) is 6.07 Å². The quantitative estimate of drug-likeness (QED) is 0.739. The number of hydrogen-bond donors (Lipinski definition) is 1. The van der Waals surface area contributed by atoms with Gasteiger partial charge in [-0.2, -0.15) is 10.4 Å². The van der Waals surface area contributed by atoms with Crippen LogP contribution in [0.5, 0.6) is 0 Å². The molecular weight excluding hydrogens is 352 g/mol. The number of likely N-dealkylation sites (N-methyl/N-ethyl adjacent to an activating group) is 1. The van der Waals surface area contributed by atoms with Crippen molar-refractivity contribution in [1.29, 1.82) is 5.26 Å². The zero-order valence-corrected chi connectivity index (χ0v) is 18.3. The fourth-order valence-electron chi connectivity index (χ4n) is 4.11. The molecule has 1 aromatic rings. The van der Waals surface area contributed by atoms with E-state index in [1.165, 1.54) is 12.0 Å².